The molecule has 0 radical (unpaired) electrons. The molecule has 1 saturated heterocycles. The first-order chi connectivity index (χ1) is 12.5. The molecule has 1 aromatic carbocycles. The SMILES string of the molecule is COc1cc(C(=O)N2CCN(C(=O)c3ccncc3Cl)CC2)ccc1C. The zero-order chi connectivity index (χ0) is 18.7. The molecule has 0 N–H and O–H groups in total. The predicted octanol–water partition coefficient (Wildman–Crippen LogP) is 2.65. The second-order valence-electron chi connectivity index (χ2n) is 6.12. The molecule has 0 atom stereocenters. The topological polar surface area (TPSA) is 62.7 Å². The number of pyridine rings is 1. The maximum absolute atomic E-state index is 12.7. The summed E-state index contributed by atoms with van der Waals surface area (Å²) in [6.45, 7) is 3.81. The van der Waals surface area contributed by atoms with Crippen LogP contribution in [0.1, 0.15) is 26.3 Å². The van der Waals surface area contributed by atoms with Crippen molar-refractivity contribution >= 4 is 23.4 Å². The van der Waals surface area contributed by atoms with Crippen molar-refractivity contribution in [3.8, 4) is 5.75 Å². The molecule has 0 aliphatic carbocycles. The maximum Gasteiger partial charge on any atom is 0.255 e. The summed E-state index contributed by atoms with van der Waals surface area (Å²) in [5.41, 5.74) is 2.00. The third-order valence-corrected chi connectivity index (χ3v) is 4.81. The molecule has 0 spiro atoms. The quantitative estimate of drug-likeness (QED) is 0.829. The van der Waals surface area contributed by atoms with Crippen molar-refractivity contribution in [2.45, 2.75) is 6.92 Å². The number of piperazine rings is 1. The lowest BCUT2D eigenvalue weighted by molar-refractivity contribution is 0.0535. The smallest absolute Gasteiger partial charge is 0.255 e. The molecule has 6 nitrogen and oxygen atoms in total. The van der Waals surface area contributed by atoms with E-state index in [-0.39, 0.29) is 11.8 Å². The predicted molar refractivity (Wildman–Crippen MR) is 98.8 cm³/mol. The number of rotatable bonds is 3. The van der Waals surface area contributed by atoms with Crippen molar-refractivity contribution < 1.29 is 14.3 Å². The van der Waals surface area contributed by atoms with Gasteiger partial charge >= 0.3 is 0 Å². The number of ether oxygens (including phenoxy) is 1. The molecule has 2 heterocycles. The van der Waals surface area contributed by atoms with Crippen LogP contribution in [-0.4, -0.2) is 59.9 Å². The van der Waals surface area contributed by atoms with E-state index in [0.29, 0.717) is 48.1 Å². The van der Waals surface area contributed by atoms with Crippen molar-refractivity contribution in [1.82, 2.24) is 14.8 Å². The number of hydrogen-bond acceptors (Lipinski definition) is 4. The first-order valence-corrected chi connectivity index (χ1v) is 8.71. The Morgan fingerprint density at radius 1 is 1.08 bits per heavy atom. The summed E-state index contributed by atoms with van der Waals surface area (Å²) >= 11 is 6.05. The summed E-state index contributed by atoms with van der Waals surface area (Å²) in [4.78, 5) is 32.7. The minimum Gasteiger partial charge on any atom is -0.496 e. The van der Waals surface area contributed by atoms with Crippen molar-refractivity contribution in [2.24, 2.45) is 0 Å². The lowest BCUT2D eigenvalue weighted by atomic mass is 10.1. The average molecular weight is 374 g/mol. The van der Waals surface area contributed by atoms with Gasteiger partial charge in [0.25, 0.3) is 11.8 Å². The number of carbonyl (C=O) groups excluding carboxylic acids is 2. The second-order valence-corrected chi connectivity index (χ2v) is 6.53. The Hall–Kier alpha value is -2.60. The summed E-state index contributed by atoms with van der Waals surface area (Å²) in [6, 6.07) is 7.04. The molecule has 7 heteroatoms. The number of halogens is 1. The van der Waals surface area contributed by atoms with E-state index < -0.39 is 0 Å². The van der Waals surface area contributed by atoms with Gasteiger partial charge < -0.3 is 14.5 Å². The Morgan fingerprint density at radius 2 is 1.73 bits per heavy atom. The van der Waals surface area contributed by atoms with Gasteiger partial charge in [-0.25, -0.2) is 0 Å². The molecule has 1 aliphatic heterocycles. The monoisotopic (exact) mass is 373 g/mol. The van der Waals surface area contributed by atoms with E-state index in [9.17, 15) is 9.59 Å². The Balaban J connectivity index is 1.66. The summed E-state index contributed by atoms with van der Waals surface area (Å²) in [5.74, 6) is 0.496. The Bertz CT molecular complexity index is 833. The van der Waals surface area contributed by atoms with Gasteiger partial charge in [-0.2, -0.15) is 0 Å². The van der Waals surface area contributed by atoms with Gasteiger partial charge in [0.1, 0.15) is 5.75 Å². The zero-order valence-electron chi connectivity index (χ0n) is 14.7. The van der Waals surface area contributed by atoms with Crippen LogP contribution in [0.15, 0.2) is 36.7 Å². The van der Waals surface area contributed by atoms with Crippen LogP contribution in [0.25, 0.3) is 0 Å². The van der Waals surface area contributed by atoms with Crippen molar-refractivity contribution in [3.63, 3.8) is 0 Å². The molecule has 136 valence electrons. The van der Waals surface area contributed by atoms with Crippen LogP contribution in [-0.2, 0) is 0 Å². The molecule has 1 aromatic heterocycles. The highest BCUT2D eigenvalue weighted by Crippen LogP contribution is 2.21. The highest BCUT2D eigenvalue weighted by Gasteiger charge is 2.26. The summed E-state index contributed by atoms with van der Waals surface area (Å²) in [7, 11) is 1.59. The minimum absolute atomic E-state index is 0.0580. The number of nitrogens with zero attached hydrogens (tertiary/aromatic N) is 3. The van der Waals surface area contributed by atoms with Gasteiger partial charge in [-0.1, -0.05) is 17.7 Å². The van der Waals surface area contributed by atoms with E-state index >= 15 is 0 Å². The van der Waals surface area contributed by atoms with E-state index in [1.807, 2.05) is 13.0 Å². The Morgan fingerprint density at radius 3 is 2.35 bits per heavy atom. The molecule has 2 amide bonds. The fraction of sp³-hybridized carbons (Fsp3) is 0.316. The average Bonchev–Trinajstić information content (AvgIpc) is 2.68. The number of amides is 2. The molecule has 26 heavy (non-hydrogen) atoms. The second kappa shape index (κ2) is 7.74. The molecular formula is C19H20ClN3O3. The molecule has 1 fully saturated rings. The Labute approximate surface area is 157 Å². The first-order valence-electron chi connectivity index (χ1n) is 8.34. The van der Waals surface area contributed by atoms with Crippen LogP contribution in [0.2, 0.25) is 5.02 Å². The van der Waals surface area contributed by atoms with Gasteiger partial charge in [0, 0.05) is 44.1 Å². The fourth-order valence-electron chi connectivity index (χ4n) is 2.97. The van der Waals surface area contributed by atoms with Gasteiger partial charge in [0.15, 0.2) is 0 Å². The van der Waals surface area contributed by atoms with Crippen LogP contribution in [0.4, 0.5) is 0 Å². The third kappa shape index (κ3) is 3.65. The summed E-state index contributed by atoms with van der Waals surface area (Å²) < 4.78 is 5.29. The largest absolute Gasteiger partial charge is 0.496 e. The van der Waals surface area contributed by atoms with E-state index in [2.05, 4.69) is 4.98 Å². The van der Waals surface area contributed by atoms with E-state index in [4.69, 9.17) is 16.3 Å². The van der Waals surface area contributed by atoms with Gasteiger partial charge in [-0.3, -0.25) is 14.6 Å². The van der Waals surface area contributed by atoms with Crippen molar-refractivity contribution in [2.75, 3.05) is 33.3 Å². The lowest BCUT2D eigenvalue weighted by Crippen LogP contribution is -2.50. The molecule has 3 rings (SSSR count). The maximum atomic E-state index is 12.7. The number of aromatic nitrogens is 1. The fourth-order valence-corrected chi connectivity index (χ4v) is 3.17. The van der Waals surface area contributed by atoms with Gasteiger partial charge in [-0.15, -0.1) is 0 Å². The third-order valence-electron chi connectivity index (χ3n) is 4.51. The van der Waals surface area contributed by atoms with E-state index in [1.54, 1.807) is 41.3 Å². The highest BCUT2D eigenvalue weighted by molar-refractivity contribution is 6.33. The molecule has 0 unspecified atom stereocenters. The van der Waals surface area contributed by atoms with Crippen LogP contribution >= 0.6 is 11.6 Å². The standard InChI is InChI=1S/C19H20ClN3O3/c1-13-3-4-14(11-17(13)26-2)18(24)22-7-9-23(10-8-22)19(25)15-5-6-21-12-16(15)20/h3-6,11-12H,7-10H2,1-2H3. The summed E-state index contributed by atoms with van der Waals surface area (Å²) in [5, 5.41) is 0.336. The van der Waals surface area contributed by atoms with Crippen LogP contribution in [0.5, 0.6) is 5.75 Å². The van der Waals surface area contributed by atoms with Gasteiger partial charge in [-0.05, 0) is 30.7 Å². The zero-order valence-corrected chi connectivity index (χ0v) is 15.5. The van der Waals surface area contributed by atoms with E-state index in [1.165, 1.54) is 6.20 Å². The number of hydrogen-bond donors (Lipinski definition) is 0. The first kappa shape index (κ1) is 18.2. The summed E-state index contributed by atoms with van der Waals surface area (Å²) in [6.07, 6.45) is 3.00. The van der Waals surface area contributed by atoms with Gasteiger partial charge in [0.2, 0.25) is 0 Å². The number of benzene rings is 1. The van der Waals surface area contributed by atoms with Crippen LogP contribution < -0.4 is 4.74 Å². The highest BCUT2D eigenvalue weighted by atomic mass is 35.5. The lowest BCUT2D eigenvalue weighted by Gasteiger charge is -2.35. The molecule has 0 bridgehead atoms. The number of aryl methyl sites for hydroxylation is 1. The normalized spacial score (nSPS) is 14.3. The number of methoxy groups -OCH3 is 1. The van der Waals surface area contributed by atoms with E-state index in [0.717, 1.165) is 5.56 Å². The molecule has 1 aliphatic rings. The van der Waals surface area contributed by atoms with Crippen molar-refractivity contribution in [1.29, 1.82) is 0 Å². The molecule has 2 aromatic rings. The van der Waals surface area contributed by atoms with Gasteiger partial charge in [0.05, 0.1) is 17.7 Å². The van der Waals surface area contributed by atoms with Crippen molar-refractivity contribution in [3.05, 3.63) is 58.4 Å². The molecular weight excluding hydrogens is 354 g/mol. The minimum atomic E-state index is -0.137. The van der Waals surface area contributed by atoms with Crippen LogP contribution in [0.3, 0.4) is 0 Å². The molecule has 0 saturated carbocycles. The Kier molecular flexibility index (Phi) is 5.42. The number of carbonyl (C=O) groups is 2. The van der Waals surface area contributed by atoms with Crippen LogP contribution in [0, 0.1) is 6.92 Å².